The molecule has 37 heavy (non-hydrogen) atoms. The smallest absolute Gasteiger partial charge is 0.371 e. The van der Waals surface area contributed by atoms with Crippen molar-refractivity contribution in [3.05, 3.63) is 31.5 Å². The van der Waals surface area contributed by atoms with Gasteiger partial charge in [0.2, 0.25) is 0 Å². The van der Waals surface area contributed by atoms with Gasteiger partial charge in [-0.2, -0.15) is 43.9 Å². The molecule has 9 nitrogen and oxygen atoms in total. The Morgan fingerprint density at radius 1 is 0.730 bits per heavy atom. The lowest BCUT2D eigenvalue weighted by Crippen LogP contribution is -2.61. The van der Waals surface area contributed by atoms with Gasteiger partial charge in [0, 0.05) is 6.92 Å². The molecule has 0 amide bonds. The van der Waals surface area contributed by atoms with Crippen molar-refractivity contribution in [2.75, 3.05) is 13.2 Å². The first-order valence-corrected chi connectivity index (χ1v) is 9.49. The summed E-state index contributed by atoms with van der Waals surface area (Å²) in [5, 5.41) is 0. The van der Waals surface area contributed by atoms with E-state index >= 15 is 0 Å². The molecule has 2 aliphatic heterocycles. The van der Waals surface area contributed by atoms with Gasteiger partial charge in [-0.05, 0) is 0 Å². The van der Waals surface area contributed by atoms with Gasteiger partial charge in [-0.1, -0.05) is 14.9 Å². The van der Waals surface area contributed by atoms with Crippen LogP contribution in [0, 0.1) is 0 Å². The maximum absolute atomic E-state index is 14.3. The predicted octanol–water partition coefficient (Wildman–Crippen LogP) is 2.37. The molecule has 19 heteroatoms. The Morgan fingerprint density at radius 2 is 1.08 bits per heavy atom. The van der Waals surface area contributed by atoms with Crippen LogP contribution in [0.4, 0.5) is 43.9 Å². The molecule has 1 aromatic heterocycles. The van der Waals surface area contributed by atoms with Crippen LogP contribution in [-0.4, -0.2) is 69.1 Å². The minimum absolute atomic E-state index is 0. The number of ether oxygens (including phenoxy) is 3. The lowest BCUT2D eigenvalue weighted by molar-refractivity contribution is -0.485. The molecule has 0 spiro atoms. The van der Waals surface area contributed by atoms with Gasteiger partial charge >= 0.3 is 47.1 Å². The molecular formula is C18H23F10N3O6. The van der Waals surface area contributed by atoms with Crippen LogP contribution < -0.4 is 17.1 Å². The topological polar surface area (TPSA) is 100 Å². The van der Waals surface area contributed by atoms with Crippen LogP contribution in [-0.2, 0) is 33.8 Å². The van der Waals surface area contributed by atoms with Crippen LogP contribution in [0.15, 0.2) is 14.4 Å². The van der Waals surface area contributed by atoms with Crippen molar-refractivity contribution in [2.24, 2.45) is 0 Å². The summed E-state index contributed by atoms with van der Waals surface area (Å²) in [6.45, 7) is -4.71. The first-order chi connectivity index (χ1) is 15.7. The second-order valence-corrected chi connectivity index (χ2v) is 7.87. The molecule has 2 aliphatic rings. The highest BCUT2D eigenvalue weighted by Crippen LogP contribution is 2.50. The average Bonchev–Trinajstić information content (AvgIpc) is 3.59. The van der Waals surface area contributed by atoms with E-state index in [-0.39, 0.29) is 37.2 Å². The zero-order valence-corrected chi connectivity index (χ0v) is 17.3. The van der Waals surface area contributed by atoms with Crippen LogP contribution in [0.1, 0.15) is 21.8 Å². The van der Waals surface area contributed by atoms with E-state index in [1.807, 2.05) is 0 Å². The number of halogens is 10. The lowest BCUT2D eigenvalue weighted by atomic mass is 10.2. The number of aromatic nitrogens is 3. The number of epoxide rings is 2. The van der Waals surface area contributed by atoms with Crippen molar-refractivity contribution >= 4 is 0 Å². The Labute approximate surface area is 201 Å². The molecule has 1 aromatic rings. The molecular weight excluding hydrogens is 544 g/mol. The van der Waals surface area contributed by atoms with Gasteiger partial charge in [-0.25, -0.2) is 32.8 Å². The fourth-order valence-corrected chi connectivity index (χ4v) is 2.73. The van der Waals surface area contributed by atoms with E-state index in [0.717, 1.165) is 0 Å². The van der Waals surface area contributed by atoms with E-state index in [2.05, 4.69) is 4.74 Å². The Kier molecular flexibility index (Phi) is 8.86. The van der Waals surface area contributed by atoms with Gasteiger partial charge in [-0.3, -0.25) is 0 Å². The molecule has 0 N–H and O–H groups in total. The molecule has 2 atom stereocenters. The van der Waals surface area contributed by atoms with Crippen molar-refractivity contribution in [1.82, 2.24) is 13.7 Å². The minimum atomic E-state index is -6.82. The standard InChI is InChI=1S/C16H15F10N3O6.2CH4/c1-12(17,18)14(21,22)16(25,26)35-15(23,24)13(19,20)6-29-10(31)27(2-7-4-33-7)9(30)28(11(29)32)3-8-5-34-8;;/h7-8H,2-6H2,1H3;2*1H4. The quantitative estimate of drug-likeness (QED) is 0.301. The Balaban J connectivity index is 0.00000342. The van der Waals surface area contributed by atoms with Crippen LogP contribution >= 0.6 is 0 Å². The van der Waals surface area contributed by atoms with Crippen LogP contribution in [0.3, 0.4) is 0 Å². The maximum Gasteiger partial charge on any atom is 0.430 e. The SMILES string of the molecule is C.C.CC(F)(F)C(F)(F)C(F)(F)OC(F)(F)C(F)(F)Cn1c(=O)n(CC2CO2)c(=O)n(CC2CO2)c1=O. The second kappa shape index (κ2) is 10.0. The average molecular weight is 567 g/mol. The van der Waals surface area contributed by atoms with Crippen molar-refractivity contribution in [3.63, 3.8) is 0 Å². The molecule has 0 aliphatic carbocycles. The highest BCUT2D eigenvalue weighted by Gasteiger charge is 2.75. The summed E-state index contributed by atoms with van der Waals surface area (Å²) in [6.07, 6.45) is -15.0. The number of rotatable bonds is 11. The highest BCUT2D eigenvalue weighted by molar-refractivity contribution is 4.92. The molecule has 0 aromatic carbocycles. The summed E-state index contributed by atoms with van der Waals surface area (Å²) in [5.41, 5.74) is -5.10. The van der Waals surface area contributed by atoms with Crippen LogP contribution in [0.25, 0.3) is 0 Å². The van der Waals surface area contributed by atoms with Crippen molar-refractivity contribution in [2.45, 2.75) is 83.6 Å². The molecule has 0 radical (unpaired) electrons. The van der Waals surface area contributed by atoms with Crippen molar-refractivity contribution in [1.29, 1.82) is 0 Å². The predicted molar refractivity (Wildman–Crippen MR) is 104 cm³/mol. The zero-order valence-electron chi connectivity index (χ0n) is 17.3. The molecule has 216 valence electrons. The number of hydrogen-bond acceptors (Lipinski definition) is 6. The van der Waals surface area contributed by atoms with Crippen molar-refractivity contribution in [3.8, 4) is 0 Å². The van der Waals surface area contributed by atoms with Crippen molar-refractivity contribution < 1.29 is 58.1 Å². The number of hydrogen-bond donors (Lipinski definition) is 0. The van der Waals surface area contributed by atoms with E-state index < -0.39 is 90.4 Å². The second-order valence-electron chi connectivity index (χ2n) is 7.87. The van der Waals surface area contributed by atoms with Crippen LogP contribution in [0.5, 0.6) is 0 Å². The lowest BCUT2D eigenvalue weighted by Gasteiger charge is -2.34. The normalized spacial score (nSPS) is 20.2. The van der Waals surface area contributed by atoms with Gasteiger partial charge in [0.15, 0.2) is 0 Å². The number of nitrogens with zero attached hydrogens (tertiary/aromatic N) is 3. The molecule has 0 bridgehead atoms. The van der Waals surface area contributed by atoms with Gasteiger partial charge in [0.1, 0.15) is 6.54 Å². The summed E-state index contributed by atoms with van der Waals surface area (Å²) < 4.78 is 147. The highest BCUT2D eigenvalue weighted by atomic mass is 19.4. The van der Waals surface area contributed by atoms with Gasteiger partial charge in [-0.15, -0.1) is 0 Å². The monoisotopic (exact) mass is 567 g/mol. The molecule has 2 saturated heterocycles. The summed E-state index contributed by atoms with van der Waals surface area (Å²) in [7, 11) is 0. The summed E-state index contributed by atoms with van der Waals surface area (Å²) in [5.74, 6) is -18.4. The van der Waals surface area contributed by atoms with E-state index in [0.29, 0.717) is 0 Å². The molecule has 0 saturated carbocycles. The zero-order chi connectivity index (χ0) is 26.8. The van der Waals surface area contributed by atoms with Gasteiger partial charge in [0.05, 0.1) is 38.5 Å². The first-order valence-electron chi connectivity index (χ1n) is 9.49. The summed E-state index contributed by atoms with van der Waals surface area (Å²) in [6, 6.07) is 0. The van der Waals surface area contributed by atoms with E-state index in [1.165, 1.54) is 0 Å². The molecule has 2 fully saturated rings. The Bertz CT molecular complexity index is 1100. The van der Waals surface area contributed by atoms with E-state index in [1.54, 1.807) is 0 Å². The maximum atomic E-state index is 14.3. The Hall–Kier alpha value is -2.41. The molecule has 2 unspecified atom stereocenters. The fourth-order valence-electron chi connectivity index (χ4n) is 2.73. The third kappa shape index (κ3) is 6.19. The van der Waals surface area contributed by atoms with E-state index in [4.69, 9.17) is 9.47 Å². The largest absolute Gasteiger partial charge is 0.430 e. The summed E-state index contributed by atoms with van der Waals surface area (Å²) in [4.78, 5) is 37.3. The number of alkyl halides is 10. The third-order valence-corrected chi connectivity index (χ3v) is 4.92. The van der Waals surface area contributed by atoms with Gasteiger partial charge < -0.3 is 9.47 Å². The molecule has 3 rings (SSSR count). The Morgan fingerprint density at radius 3 is 1.41 bits per heavy atom. The first kappa shape index (κ1) is 32.6. The van der Waals surface area contributed by atoms with Crippen LogP contribution in [0.2, 0.25) is 0 Å². The summed E-state index contributed by atoms with van der Waals surface area (Å²) >= 11 is 0. The van der Waals surface area contributed by atoms with E-state index in [9.17, 15) is 58.3 Å². The minimum Gasteiger partial charge on any atom is -0.371 e. The fraction of sp³-hybridized carbons (Fsp3) is 0.833. The third-order valence-electron chi connectivity index (χ3n) is 4.92. The van der Waals surface area contributed by atoms with Gasteiger partial charge in [0.25, 0.3) is 0 Å². The molecule has 3 heterocycles.